The molecule has 2 aromatic carbocycles. The zero-order chi connectivity index (χ0) is 18.2. The Morgan fingerprint density at radius 2 is 1.84 bits per heavy atom. The molecule has 0 aliphatic rings. The van der Waals surface area contributed by atoms with Crippen LogP contribution in [-0.4, -0.2) is 29.0 Å². The molecular formula is C18H19N3O3S. The first-order valence-electron chi connectivity index (χ1n) is 7.56. The standard InChI is InChI=1S/C18H19N3O3S/c1-12-4-3-5-13(2)17(12)20-18(25)21-19-10-14-6-8-15(9-7-14)24-11-16(22)23/h3-10H,11H2,1-2H3,(H,22,23)(H2,20,21,25)/b19-10+. The van der Waals surface area contributed by atoms with Crippen molar-refractivity contribution in [2.75, 3.05) is 11.9 Å². The van der Waals surface area contributed by atoms with Gasteiger partial charge in [0.15, 0.2) is 11.7 Å². The van der Waals surface area contributed by atoms with Crippen molar-refractivity contribution in [1.82, 2.24) is 5.43 Å². The molecule has 6 nitrogen and oxygen atoms in total. The van der Waals surface area contributed by atoms with Crippen LogP contribution >= 0.6 is 12.2 Å². The molecule has 0 aliphatic carbocycles. The number of hydrogen-bond donors (Lipinski definition) is 3. The quantitative estimate of drug-likeness (QED) is 0.419. The maximum Gasteiger partial charge on any atom is 0.341 e. The van der Waals surface area contributed by atoms with Crippen molar-refractivity contribution in [2.24, 2.45) is 5.10 Å². The van der Waals surface area contributed by atoms with Crippen LogP contribution < -0.4 is 15.5 Å². The van der Waals surface area contributed by atoms with Gasteiger partial charge >= 0.3 is 5.97 Å². The highest BCUT2D eigenvalue weighted by Gasteiger charge is 2.03. The minimum Gasteiger partial charge on any atom is -0.482 e. The fourth-order valence-corrected chi connectivity index (χ4v) is 2.27. The van der Waals surface area contributed by atoms with Crippen molar-refractivity contribution in [1.29, 1.82) is 0 Å². The summed E-state index contributed by atoms with van der Waals surface area (Å²) in [5.74, 6) is -0.528. The van der Waals surface area contributed by atoms with Gasteiger partial charge in [-0.15, -0.1) is 0 Å². The van der Waals surface area contributed by atoms with Crippen molar-refractivity contribution in [2.45, 2.75) is 13.8 Å². The molecule has 25 heavy (non-hydrogen) atoms. The van der Waals surface area contributed by atoms with E-state index in [-0.39, 0.29) is 6.61 Å². The Balaban J connectivity index is 1.88. The number of hydrogen-bond acceptors (Lipinski definition) is 4. The van der Waals surface area contributed by atoms with E-state index < -0.39 is 5.97 Å². The monoisotopic (exact) mass is 357 g/mol. The Hall–Kier alpha value is -2.93. The molecule has 0 aromatic heterocycles. The van der Waals surface area contributed by atoms with Crippen molar-refractivity contribution in [3.63, 3.8) is 0 Å². The highest BCUT2D eigenvalue weighted by atomic mass is 32.1. The van der Waals surface area contributed by atoms with Gasteiger partial charge in [0.25, 0.3) is 0 Å². The van der Waals surface area contributed by atoms with Crippen LogP contribution in [-0.2, 0) is 4.79 Å². The number of carbonyl (C=O) groups is 1. The Labute approximate surface area is 151 Å². The molecule has 2 rings (SSSR count). The minimum absolute atomic E-state index is 0.368. The number of benzene rings is 2. The molecule has 0 heterocycles. The second kappa shape index (κ2) is 8.79. The number of hydrazone groups is 1. The molecule has 0 saturated heterocycles. The normalized spacial score (nSPS) is 10.5. The lowest BCUT2D eigenvalue weighted by Crippen LogP contribution is -2.24. The molecule has 0 aliphatic heterocycles. The highest BCUT2D eigenvalue weighted by molar-refractivity contribution is 7.80. The third kappa shape index (κ3) is 5.89. The lowest BCUT2D eigenvalue weighted by Gasteiger charge is -2.12. The van der Waals surface area contributed by atoms with Gasteiger partial charge in [-0.25, -0.2) is 4.79 Å². The zero-order valence-corrected chi connectivity index (χ0v) is 14.8. The predicted octanol–water partition coefficient (Wildman–Crippen LogP) is 3.09. The largest absolute Gasteiger partial charge is 0.482 e. The van der Waals surface area contributed by atoms with Crippen LogP contribution in [0.1, 0.15) is 16.7 Å². The number of para-hydroxylation sites is 1. The highest BCUT2D eigenvalue weighted by Crippen LogP contribution is 2.19. The van der Waals surface area contributed by atoms with Gasteiger partial charge in [0.05, 0.1) is 6.21 Å². The van der Waals surface area contributed by atoms with Crippen molar-refractivity contribution in [3.05, 3.63) is 59.2 Å². The summed E-state index contributed by atoms with van der Waals surface area (Å²) in [4.78, 5) is 10.4. The van der Waals surface area contributed by atoms with Gasteiger partial charge in [-0.05, 0) is 67.0 Å². The van der Waals surface area contributed by atoms with Crippen molar-refractivity contribution < 1.29 is 14.6 Å². The third-order valence-corrected chi connectivity index (χ3v) is 3.54. The fourth-order valence-electron chi connectivity index (χ4n) is 2.11. The summed E-state index contributed by atoms with van der Waals surface area (Å²) in [6.07, 6.45) is 1.61. The van der Waals surface area contributed by atoms with Crippen molar-refractivity contribution in [3.8, 4) is 5.75 Å². The smallest absolute Gasteiger partial charge is 0.341 e. The van der Waals surface area contributed by atoms with Gasteiger partial charge in [0.1, 0.15) is 5.75 Å². The van der Waals surface area contributed by atoms with Gasteiger partial charge in [-0.1, -0.05) is 18.2 Å². The number of nitrogens with one attached hydrogen (secondary N) is 2. The zero-order valence-electron chi connectivity index (χ0n) is 13.9. The Morgan fingerprint density at radius 3 is 2.44 bits per heavy atom. The number of ether oxygens (including phenoxy) is 1. The molecule has 7 heteroatoms. The number of thiocarbonyl (C=S) groups is 1. The summed E-state index contributed by atoms with van der Waals surface area (Å²) in [6, 6.07) is 12.9. The topological polar surface area (TPSA) is 83.0 Å². The molecule has 0 radical (unpaired) electrons. The number of anilines is 1. The molecule has 130 valence electrons. The summed E-state index contributed by atoms with van der Waals surface area (Å²) in [5, 5.41) is 16.2. The van der Waals surface area contributed by atoms with Crippen LogP contribution in [0.25, 0.3) is 0 Å². The Bertz CT molecular complexity index is 768. The molecule has 0 amide bonds. The van der Waals surface area contributed by atoms with Crippen LogP contribution in [0, 0.1) is 13.8 Å². The number of aliphatic carboxylic acids is 1. The summed E-state index contributed by atoms with van der Waals surface area (Å²) < 4.78 is 5.06. The summed E-state index contributed by atoms with van der Waals surface area (Å²) >= 11 is 5.24. The number of carboxylic acid groups (broad SMARTS) is 1. The van der Waals surface area contributed by atoms with E-state index in [0.29, 0.717) is 10.9 Å². The first-order chi connectivity index (χ1) is 12.0. The van der Waals surface area contributed by atoms with E-state index in [1.807, 2.05) is 32.0 Å². The second-order valence-corrected chi connectivity index (χ2v) is 5.75. The lowest BCUT2D eigenvalue weighted by molar-refractivity contribution is -0.139. The molecule has 0 spiro atoms. The van der Waals surface area contributed by atoms with Gasteiger partial charge in [0.2, 0.25) is 0 Å². The van der Waals surface area contributed by atoms with Gasteiger partial charge in [0, 0.05) is 5.69 Å². The minimum atomic E-state index is -1.01. The lowest BCUT2D eigenvalue weighted by atomic mass is 10.1. The molecular weight excluding hydrogens is 338 g/mol. The number of aryl methyl sites for hydroxylation is 2. The fraction of sp³-hybridized carbons (Fsp3) is 0.167. The average Bonchev–Trinajstić information content (AvgIpc) is 2.57. The van der Waals surface area contributed by atoms with E-state index >= 15 is 0 Å². The Kier molecular flexibility index (Phi) is 6.47. The second-order valence-electron chi connectivity index (χ2n) is 5.34. The maximum atomic E-state index is 10.4. The molecule has 2 aromatic rings. The Morgan fingerprint density at radius 1 is 1.20 bits per heavy atom. The SMILES string of the molecule is Cc1cccc(C)c1NC(=S)N/N=C/c1ccc(OCC(=O)O)cc1. The molecule has 3 N–H and O–H groups in total. The molecule has 0 fully saturated rings. The van der Waals surface area contributed by atoms with Crippen LogP contribution in [0.4, 0.5) is 5.69 Å². The van der Waals surface area contributed by atoms with Crippen LogP contribution in [0.15, 0.2) is 47.6 Å². The van der Waals surface area contributed by atoms with E-state index in [9.17, 15) is 4.79 Å². The van der Waals surface area contributed by atoms with Crippen molar-refractivity contribution >= 4 is 35.2 Å². The van der Waals surface area contributed by atoms with Crippen LogP contribution in [0.3, 0.4) is 0 Å². The summed E-state index contributed by atoms with van der Waals surface area (Å²) in [7, 11) is 0. The van der Waals surface area contributed by atoms with E-state index in [1.165, 1.54) is 0 Å². The number of nitrogens with zero attached hydrogens (tertiary/aromatic N) is 1. The molecule has 0 saturated carbocycles. The summed E-state index contributed by atoms with van der Waals surface area (Å²) in [6.45, 7) is 3.65. The van der Waals surface area contributed by atoms with E-state index in [4.69, 9.17) is 22.1 Å². The molecule has 0 atom stereocenters. The van der Waals surface area contributed by atoms with Gasteiger partial charge in [-0.3, -0.25) is 5.43 Å². The predicted molar refractivity (Wildman–Crippen MR) is 102 cm³/mol. The number of carboxylic acids is 1. The first kappa shape index (κ1) is 18.4. The van der Waals surface area contributed by atoms with E-state index in [1.54, 1.807) is 30.5 Å². The molecule has 0 unspecified atom stereocenters. The van der Waals surface area contributed by atoms with E-state index in [2.05, 4.69) is 15.8 Å². The average molecular weight is 357 g/mol. The van der Waals surface area contributed by atoms with Crippen LogP contribution in [0.2, 0.25) is 0 Å². The third-order valence-electron chi connectivity index (χ3n) is 3.34. The number of rotatable bonds is 6. The van der Waals surface area contributed by atoms with Crippen LogP contribution in [0.5, 0.6) is 5.75 Å². The maximum absolute atomic E-state index is 10.4. The summed E-state index contributed by atoms with van der Waals surface area (Å²) in [5.41, 5.74) is 6.77. The van der Waals surface area contributed by atoms with Gasteiger partial charge in [-0.2, -0.15) is 5.10 Å². The molecule has 0 bridgehead atoms. The van der Waals surface area contributed by atoms with Gasteiger partial charge < -0.3 is 15.2 Å². The first-order valence-corrected chi connectivity index (χ1v) is 7.97. The van der Waals surface area contributed by atoms with E-state index in [0.717, 1.165) is 22.4 Å².